The van der Waals surface area contributed by atoms with Crippen molar-refractivity contribution in [1.29, 1.82) is 0 Å². The van der Waals surface area contributed by atoms with Gasteiger partial charge in [0.25, 0.3) is 0 Å². The summed E-state index contributed by atoms with van der Waals surface area (Å²) in [4.78, 5) is 26.9. The molecule has 0 unspecified atom stereocenters. The first-order chi connectivity index (χ1) is 9.82. The quantitative estimate of drug-likeness (QED) is 0.867. The molecule has 0 bridgehead atoms. The zero-order valence-corrected chi connectivity index (χ0v) is 13.8. The van der Waals surface area contributed by atoms with E-state index in [2.05, 4.69) is 5.32 Å². The maximum absolute atomic E-state index is 11.9. The van der Waals surface area contributed by atoms with Gasteiger partial charge in [-0.25, -0.2) is 0 Å². The monoisotopic (exact) mass is 331 g/mol. The van der Waals surface area contributed by atoms with Crippen molar-refractivity contribution in [3.8, 4) is 0 Å². The lowest BCUT2D eigenvalue weighted by Crippen LogP contribution is -2.41. The molecule has 0 fully saturated rings. The Balaban J connectivity index is 2.77. The largest absolute Gasteiger partial charge is 0.353 e. The van der Waals surface area contributed by atoms with Crippen molar-refractivity contribution in [2.24, 2.45) is 0 Å². The van der Waals surface area contributed by atoms with E-state index in [1.807, 2.05) is 19.0 Å². The maximum Gasteiger partial charge on any atom is 0.240 e. The van der Waals surface area contributed by atoms with E-state index in [1.54, 1.807) is 18.2 Å². The zero-order valence-electron chi connectivity index (χ0n) is 12.3. The number of hydrogen-bond acceptors (Lipinski definition) is 3. The molecule has 1 N–H and O–H groups in total. The van der Waals surface area contributed by atoms with Crippen molar-refractivity contribution in [3.05, 3.63) is 28.2 Å². The molecule has 21 heavy (non-hydrogen) atoms. The van der Waals surface area contributed by atoms with E-state index in [-0.39, 0.29) is 23.4 Å². The molecule has 0 atom stereocenters. The van der Waals surface area contributed by atoms with Crippen LogP contribution in [0.2, 0.25) is 10.0 Å². The third-order valence-electron chi connectivity index (χ3n) is 2.79. The number of benzene rings is 1. The van der Waals surface area contributed by atoms with Gasteiger partial charge in [0.1, 0.15) is 6.54 Å². The SMILES string of the molecule is CC(=O)N(CC(=O)NCCN(C)C)c1cccc(Cl)c1Cl. The molecular formula is C14H19Cl2N3O2. The lowest BCUT2D eigenvalue weighted by atomic mass is 10.2. The van der Waals surface area contributed by atoms with Crippen LogP contribution >= 0.6 is 23.2 Å². The Labute approximate surface area is 134 Å². The van der Waals surface area contributed by atoms with Gasteiger partial charge in [0.2, 0.25) is 11.8 Å². The zero-order chi connectivity index (χ0) is 16.0. The number of nitrogens with one attached hydrogen (secondary N) is 1. The number of halogens is 2. The Hall–Kier alpha value is -1.30. The second kappa shape index (κ2) is 8.22. The Morgan fingerprint density at radius 1 is 1.24 bits per heavy atom. The second-order valence-corrected chi connectivity index (χ2v) is 5.62. The highest BCUT2D eigenvalue weighted by Gasteiger charge is 2.19. The van der Waals surface area contributed by atoms with Crippen LogP contribution in [0.5, 0.6) is 0 Å². The van der Waals surface area contributed by atoms with Crippen molar-refractivity contribution in [2.45, 2.75) is 6.92 Å². The van der Waals surface area contributed by atoms with Crippen LogP contribution in [0.15, 0.2) is 18.2 Å². The van der Waals surface area contributed by atoms with Gasteiger partial charge in [0.05, 0.1) is 15.7 Å². The first-order valence-electron chi connectivity index (χ1n) is 6.46. The Morgan fingerprint density at radius 3 is 2.48 bits per heavy atom. The Kier molecular flexibility index (Phi) is 6.95. The van der Waals surface area contributed by atoms with Gasteiger partial charge in [-0.05, 0) is 26.2 Å². The van der Waals surface area contributed by atoms with Crippen LogP contribution in [0.3, 0.4) is 0 Å². The van der Waals surface area contributed by atoms with Gasteiger partial charge < -0.3 is 15.1 Å². The molecule has 1 aromatic carbocycles. The molecule has 0 aliphatic heterocycles. The number of hydrogen-bond donors (Lipinski definition) is 1. The molecule has 1 rings (SSSR count). The summed E-state index contributed by atoms with van der Waals surface area (Å²) in [6, 6.07) is 4.97. The van der Waals surface area contributed by atoms with Gasteiger partial charge in [-0.15, -0.1) is 0 Å². The van der Waals surface area contributed by atoms with Crippen molar-refractivity contribution < 1.29 is 9.59 Å². The average Bonchev–Trinajstić information content (AvgIpc) is 2.39. The van der Waals surface area contributed by atoms with Crippen LogP contribution in [0.1, 0.15) is 6.92 Å². The molecule has 2 amide bonds. The second-order valence-electron chi connectivity index (χ2n) is 4.83. The first-order valence-corrected chi connectivity index (χ1v) is 7.22. The van der Waals surface area contributed by atoms with Crippen LogP contribution in [0.25, 0.3) is 0 Å². The van der Waals surface area contributed by atoms with Crippen LogP contribution < -0.4 is 10.2 Å². The highest BCUT2D eigenvalue weighted by molar-refractivity contribution is 6.44. The molecule has 0 saturated carbocycles. The summed E-state index contributed by atoms with van der Waals surface area (Å²) in [6.07, 6.45) is 0. The standard InChI is InChI=1S/C14H19Cl2N3O2/c1-10(20)19(9-13(21)17-7-8-18(2)3)12-6-4-5-11(15)14(12)16/h4-6H,7-9H2,1-3H3,(H,17,21). The van der Waals surface area contributed by atoms with E-state index < -0.39 is 0 Å². The summed E-state index contributed by atoms with van der Waals surface area (Å²) >= 11 is 12.0. The van der Waals surface area contributed by atoms with E-state index in [9.17, 15) is 9.59 Å². The minimum absolute atomic E-state index is 0.0944. The predicted octanol–water partition coefficient (Wildman–Crippen LogP) is 2.02. The highest BCUT2D eigenvalue weighted by atomic mass is 35.5. The predicted molar refractivity (Wildman–Crippen MR) is 86.1 cm³/mol. The number of nitrogens with zero attached hydrogens (tertiary/aromatic N) is 2. The van der Waals surface area contributed by atoms with Crippen LogP contribution in [-0.4, -0.2) is 50.4 Å². The average molecular weight is 332 g/mol. The van der Waals surface area contributed by atoms with E-state index in [4.69, 9.17) is 23.2 Å². The van der Waals surface area contributed by atoms with E-state index in [1.165, 1.54) is 11.8 Å². The Bertz CT molecular complexity index is 521. The number of carbonyl (C=O) groups is 2. The van der Waals surface area contributed by atoms with Crippen LogP contribution in [0.4, 0.5) is 5.69 Å². The summed E-state index contributed by atoms with van der Waals surface area (Å²) in [5, 5.41) is 3.35. The first kappa shape index (κ1) is 17.8. The van der Waals surface area contributed by atoms with Gasteiger partial charge in [0, 0.05) is 20.0 Å². The van der Waals surface area contributed by atoms with Crippen molar-refractivity contribution in [2.75, 3.05) is 38.6 Å². The molecule has 0 heterocycles. The normalized spacial score (nSPS) is 10.6. The lowest BCUT2D eigenvalue weighted by Gasteiger charge is -2.22. The Morgan fingerprint density at radius 2 is 1.90 bits per heavy atom. The summed E-state index contributed by atoms with van der Waals surface area (Å²) in [5.41, 5.74) is 0.430. The fourth-order valence-electron chi connectivity index (χ4n) is 1.69. The highest BCUT2D eigenvalue weighted by Crippen LogP contribution is 2.32. The fourth-order valence-corrected chi connectivity index (χ4v) is 2.08. The smallest absolute Gasteiger partial charge is 0.240 e. The molecule has 0 spiro atoms. The number of likely N-dealkylation sites (N-methyl/N-ethyl adjacent to an activating group) is 1. The molecule has 0 aromatic heterocycles. The van der Waals surface area contributed by atoms with Gasteiger partial charge in [-0.3, -0.25) is 9.59 Å². The van der Waals surface area contributed by atoms with Gasteiger partial charge in [0.15, 0.2) is 0 Å². The maximum atomic E-state index is 11.9. The van der Waals surface area contributed by atoms with E-state index in [0.717, 1.165) is 6.54 Å². The molecule has 0 aliphatic rings. The third-order valence-corrected chi connectivity index (χ3v) is 3.59. The number of anilines is 1. The fraction of sp³-hybridized carbons (Fsp3) is 0.429. The minimum Gasteiger partial charge on any atom is -0.353 e. The van der Waals surface area contributed by atoms with Gasteiger partial charge >= 0.3 is 0 Å². The molecular weight excluding hydrogens is 313 g/mol. The van der Waals surface area contributed by atoms with Crippen molar-refractivity contribution in [3.63, 3.8) is 0 Å². The van der Waals surface area contributed by atoms with Crippen molar-refractivity contribution >= 4 is 40.7 Å². The number of rotatable bonds is 6. The number of amides is 2. The topological polar surface area (TPSA) is 52.7 Å². The van der Waals surface area contributed by atoms with E-state index in [0.29, 0.717) is 17.3 Å². The van der Waals surface area contributed by atoms with Crippen LogP contribution in [-0.2, 0) is 9.59 Å². The van der Waals surface area contributed by atoms with Gasteiger partial charge in [-0.2, -0.15) is 0 Å². The molecule has 1 aromatic rings. The van der Waals surface area contributed by atoms with Gasteiger partial charge in [-0.1, -0.05) is 29.3 Å². The number of carbonyl (C=O) groups excluding carboxylic acids is 2. The van der Waals surface area contributed by atoms with Crippen molar-refractivity contribution in [1.82, 2.24) is 10.2 Å². The summed E-state index contributed by atoms with van der Waals surface area (Å²) in [7, 11) is 3.83. The molecule has 0 saturated heterocycles. The summed E-state index contributed by atoms with van der Waals surface area (Å²) in [5.74, 6) is -0.523. The molecule has 7 heteroatoms. The molecule has 5 nitrogen and oxygen atoms in total. The minimum atomic E-state index is -0.276. The summed E-state index contributed by atoms with van der Waals surface area (Å²) in [6.45, 7) is 2.53. The third kappa shape index (κ3) is 5.53. The molecule has 0 radical (unpaired) electrons. The molecule has 116 valence electrons. The molecule has 0 aliphatic carbocycles. The summed E-state index contributed by atoms with van der Waals surface area (Å²) < 4.78 is 0. The van der Waals surface area contributed by atoms with E-state index >= 15 is 0 Å². The van der Waals surface area contributed by atoms with Crippen LogP contribution in [0, 0.1) is 0 Å². The lowest BCUT2D eigenvalue weighted by molar-refractivity contribution is -0.123.